The molecule has 1 N–H and O–H groups in total. The Labute approximate surface area is 134 Å². The number of nitrogens with zero attached hydrogens (tertiary/aromatic N) is 2. The number of carboxylic acid groups (broad SMARTS) is 1. The number of amides is 1. The van der Waals surface area contributed by atoms with E-state index in [-0.39, 0.29) is 22.6 Å². The van der Waals surface area contributed by atoms with E-state index >= 15 is 0 Å². The smallest absolute Gasteiger partial charge is 0.335 e. The van der Waals surface area contributed by atoms with Gasteiger partial charge in [0.1, 0.15) is 5.69 Å². The van der Waals surface area contributed by atoms with Gasteiger partial charge in [-0.3, -0.25) is 9.78 Å². The minimum atomic E-state index is -1.06. The molecular formula is C18H18N2O3. The zero-order chi connectivity index (χ0) is 16.4. The number of benzene rings is 1. The molecule has 0 radical (unpaired) electrons. The van der Waals surface area contributed by atoms with Crippen molar-refractivity contribution in [2.24, 2.45) is 0 Å². The van der Waals surface area contributed by atoms with Crippen LogP contribution in [0.15, 0.2) is 48.7 Å². The molecule has 118 valence electrons. The summed E-state index contributed by atoms with van der Waals surface area (Å²) >= 11 is 0. The van der Waals surface area contributed by atoms with Gasteiger partial charge in [0.05, 0.1) is 5.56 Å². The Morgan fingerprint density at radius 2 is 1.91 bits per heavy atom. The number of pyridine rings is 1. The van der Waals surface area contributed by atoms with Crippen molar-refractivity contribution in [2.45, 2.75) is 18.3 Å². The molecule has 23 heavy (non-hydrogen) atoms. The van der Waals surface area contributed by atoms with Crippen molar-refractivity contribution in [1.29, 1.82) is 0 Å². The van der Waals surface area contributed by atoms with Gasteiger partial charge in [0.25, 0.3) is 5.91 Å². The lowest BCUT2D eigenvalue weighted by atomic mass is 9.95. The fourth-order valence-corrected chi connectivity index (χ4v) is 2.88. The summed E-state index contributed by atoms with van der Waals surface area (Å²) in [5.74, 6) is -1.32. The first-order valence-electron chi connectivity index (χ1n) is 7.52. The van der Waals surface area contributed by atoms with Crippen LogP contribution >= 0.6 is 0 Å². The number of hydrogen-bond donors (Lipinski definition) is 1. The zero-order valence-corrected chi connectivity index (χ0v) is 12.9. The molecule has 0 spiro atoms. The lowest BCUT2D eigenvalue weighted by Crippen LogP contribution is -2.35. The second-order valence-corrected chi connectivity index (χ2v) is 6.04. The number of carbonyl (C=O) groups is 2. The number of aromatic nitrogens is 1. The number of likely N-dealkylation sites (N-methyl/N-ethyl adjacent to an activating group) is 1. The molecule has 1 fully saturated rings. The van der Waals surface area contributed by atoms with Crippen molar-refractivity contribution in [3.05, 3.63) is 65.5 Å². The molecule has 1 heterocycles. The summed E-state index contributed by atoms with van der Waals surface area (Å²) in [5, 5.41) is 9.02. The quantitative estimate of drug-likeness (QED) is 0.921. The van der Waals surface area contributed by atoms with Crippen LogP contribution in [0.25, 0.3) is 0 Å². The molecule has 0 aliphatic heterocycles. The summed E-state index contributed by atoms with van der Waals surface area (Å²) in [6.45, 7) is 0.606. The summed E-state index contributed by atoms with van der Waals surface area (Å²) in [6.07, 6.45) is 3.46. The third kappa shape index (κ3) is 3.08. The number of hydrogen-bond acceptors (Lipinski definition) is 3. The number of carboxylic acids is 1. The number of carbonyl (C=O) groups excluding carboxylic acids is 1. The normalized spacial score (nSPS) is 15.0. The van der Waals surface area contributed by atoms with Gasteiger partial charge >= 0.3 is 5.97 Å². The molecule has 2 aromatic rings. The van der Waals surface area contributed by atoms with Gasteiger partial charge in [-0.1, -0.05) is 30.3 Å². The predicted molar refractivity (Wildman–Crippen MR) is 85.5 cm³/mol. The molecule has 5 heteroatoms. The summed E-state index contributed by atoms with van der Waals surface area (Å²) in [5.41, 5.74) is 1.50. The lowest BCUT2D eigenvalue weighted by Gasteiger charge is -2.24. The second-order valence-electron chi connectivity index (χ2n) is 6.04. The predicted octanol–water partition coefficient (Wildman–Crippen LogP) is 2.58. The van der Waals surface area contributed by atoms with E-state index in [0.717, 1.165) is 12.8 Å². The topological polar surface area (TPSA) is 70.5 Å². The molecule has 1 amide bonds. The molecule has 0 unspecified atom stereocenters. The maximum absolute atomic E-state index is 12.5. The van der Waals surface area contributed by atoms with Gasteiger partial charge in [0, 0.05) is 25.2 Å². The summed E-state index contributed by atoms with van der Waals surface area (Å²) < 4.78 is 0. The molecule has 1 aliphatic rings. The Hall–Kier alpha value is -2.69. The maximum atomic E-state index is 12.5. The van der Waals surface area contributed by atoms with E-state index in [9.17, 15) is 9.59 Å². The van der Waals surface area contributed by atoms with Crippen molar-refractivity contribution in [2.75, 3.05) is 13.6 Å². The SMILES string of the molecule is CN(CC1(c2ccccc2)CC1)C(=O)c1cc(C(=O)O)ccn1. The van der Waals surface area contributed by atoms with Gasteiger partial charge in [-0.2, -0.15) is 0 Å². The molecule has 3 rings (SSSR count). The van der Waals surface area contributed by atoms with Crippen LogP contribution in [0.1, 0.15) is 39.3 Å². The minimum absolute atomic E-state index is 0.0239. The Bertz CT molecular complexity index is 739. The first kappa shape index (κ1) is 15.2. The van der Waals surface area contributed by atoms with Crippen molar-refractivity contribution in [3.63, 3.8) is 0 Å². The standard InChI is InChI=1S/C18H18N2O3/c1-20(12-18(8-9-18)14-5-3-2-4-6-14)16(21)15-11-13(17(22)23)7-10-19-15/h2-7,10-11H,8-9,12H2,1H3,(H,22,23). The number of aromatic carboxylic acids is 1. The van der Waals surface area contributed by atoms with Crippen molar-refractivity contribution < 1.29 is 14.7 Å². The van der Waals surface area contributed by atoms with Crippen LogP contribution < -0.4 is 0 Å². The van der Waals surface area contributed by atoms with E-state index in [1.54, 1.807) is 11.9 Å². The second kappa shape index (κ2) is 5.83. The highest BCUT2D eigenvalue weighted by atomic mass is 16.4. The molecule has 0 bridgehead atoms. The molecule has 1 aromatic heterocycles. The molecule has 0 saturated heterocycles. The van der Waals surface area contributed by atoms with Crippen LogP contribution in [0.4, 0.5) is 0 Å². The summed E-state index contributed by atoms with van der Waals surface area (Å²) in [6, 6.07) is 12.9. The Morgan fingerprint density at radius 3 is 2.52 bits per heavy atom. The number of rotatable bonds is 5. The molecular weight excluding hydrogens is 292 g/mol. The third-order valence-electron chi connectivity index (χ3n) is 4.35. The van der Waals surface area contributed by atoms with Crippen molar-refractivity contribution >= 4 is 11.9 Å². The van der Waals surface area contributed by atoms with E-state index in [2.05, 4.69) is 17.1 Å². The van der Waals surface area contributed by atoms with Crippen LogP contribution in [0.3, 0.4) is 0 Å². The average molecular weight is 310 g/mol. The van der Waals surface area contributed by atoms with Gasteiger partial charge < -0.3 is 10.0 Å². The molecule has 5 nitrogen and oxygen atoms in total. The van der Waals surface area contributed by atoms with Gasteiger partial charge in [-0.25, -0.2) is 4.79 Å². The van der Waals surface area contributed by atoms with Gasteiger partial charge in [0.15, 0.2) is 0 Å². The molecule has 1 aromatic carbocycles. The van der Waals surface area contributed by atoms with Gasteiger partial charge in [0.2, 0.25) is 0 Å². The lowest BCUT2D eigenvalue weighted by molar-refractivity contribution is 0.0696. The largest absolute Gasteiger partial charge is 0.478 e. The Morgan fingerprint density at radius 1 is 1.22 bits per heavy atom. The van der Waals surface area contributed by atoms with Crippen LogP contribution in [0, 0.1) is 0 Å². The van der Waals surface area contributed by atoms with Gasteiger partial charge in [-0.15, -0.1) is 0 Å². The molecule has 1 saturated carbocycles. The zero-order valence-electron chi connectivity index (χ0n) is 12.9. The van der Waals surface area contributed by atoms with Crippen LogP contribution in [-0.2, 0) is 5.41 Å². The third-order valence-corrected chi connectivity index (χ3v) is 4.35. The van der Waals surface area contributed by atoms with Gasteiger partial charge in [-0.05, 0) is 30.5 Å². The highest BCUT2D eigenvalue weighted by Gasteiger charge is 2.45. The van der Waals surface area contributed by atoms with Crippen molar-refractivity contribution in [3.8, 4) is 0 Å². The monoisotopic (exact) mass is 310 g/mol. The van der Waals surface area contributed by atoms with Crippen molar-refractivity contribution in [1.82, 2.24) is 9.88 Å². The first-order valence-corrected chi connectivity index (χ1v) is 7.52. The molecule has 0 atom stereocenters. The fourth-order valence-electron chi connectivity index (χ4n) is 2.88. The van der Waals surface area contributed by atoms with E-state index in [1.165, 1.54) is 23.9 Å². The molecule has 1 aliphatic carbocycles. The fraction of sp³-hybridized carbons (Fsp3) is 0.278. The van der Waals surface area contributed by atoms with E-state index < -0.39 is 5.97 Å². The Kier molecular flexibility index (Phi) is 3.86. The van der Waals surface area contributed by atoms with Crippen LogP contribution in [0.5, 0.6) is 0 Å². The van der Waals surface area contributed by atoms with E-state index in [4.69, 9.17) is 5.11 Å². The Balaban J connectivity index is 1.76. The average Bonchev–Trinajstić information content (AvgIpc) is 3.35. The van der Waals surface area contributed by atoms with E-state index in [1.807, 2.05) is 18.2 Å². The minimum Gasteiger partial charge on any atom is -0.478 e. The first-order chi connectivity index (χ1) is 11.0. The van der Waals surface area contributed by atoms with Crippen LogP contribution in [0.2, 0.25) is 0 Å². The summed E-state index contributed by atoms with van der Waals surface area (Å²) in [4.78, 5) is 29.2. The maximum Gasteiger partial charge on any atom is 0.335 e. The van der Waals surface area contributed by atoms with Crippen LogP contribution in [-0.4, -0.2) is 40.5 Å². The summed E-state index contributed by atoms with van der Waals surface area (Å²) in [7, 11) is 1.74. The van der Waals surface area contributed by atoms with E-state index in [0.29, 0.717) is 6.54 Å². The highest BCUT2D eigenvalue weighted by molar-refractivity contribution is 5.95. The highest BCUT2D eigenvalue weighted by Crippen LogP contribution is 2.48.